The van der Waals surface area contributed by atoms with Gasteiger partial charge in [0.15, 0.2) is 0 Å². The van der Waals surface area contributed by atoms with Crippen molar-refractivity contribution >= 4 is 27.8 Å². The number of carbonyl (C=O) groups excluding carboxylic acids is 1. The molecule has 0 radical (unpaired) electrons. The zero-order chi connectivity index (χ0) is 16.6. The fourth-order valence-electron chi connectivity index (χ4n) is 2.00. The molecule has 0 spiro atoms. The van der Waals surface area contributed by atoms with Crippen molar-refractivity contribution < 1.29 is 22.4 Å². The number of carbonyl (C=O) groups is 1. The van der Waals surface area contributed by atoms with Crippen molar-refractivity contribution in [1.82, 2.24) is 0 Å². The maximum atomic E-state index is 13.4. The van der Waals surface area contributed by atoms with Gasteiger partial charge in [0.25, 0.3) is 5.91 Å². The van der Waals surface area contributed by atoms with E-state index in [0.29, 0.717) is 22.7 Å². The molecule has 0 saturated heterocycles. The highest BCUT2D eigenvalue weighted by Gasteiger charge is 2.32. The molecule has 1 aliphatic heterocycles. The van der Waals surface area contributed by atoms with Crippen molar-refractivity contribution in [1.29, 1.82) is 0 Å². The Hall–Kier alpha value is -2.35. The highest BCUT2D eigenvalue weighted by atomic mass is 32.2. The van der Waals surface area contributed by atoms with Gasteiger partial charge >= 0.3 is 6.18 Å². The first kappa shape index (κ1) is 15.5. The lowest BCUT2D eigenvalue weighted by Crippen LogP contribution is -2.08. The second-order valence-electron chi connectivity index (χ2n) is 4.64. The molecular formula is C15H8F4N2OS. The Morgan fingerprint density at radius 1 is 1.13 bits per heavy atom. The average molecular weight is 340 g/mol. The molecule has 0 saturated carbocycles. The third kappa shape index (κ3) is 3.21. The third-order valence-corrected chi connectivity index (χ3v) is 4.50. The summed E-state index contributed by atoms with van der Waals surface area (Å²) in [6, 6.07) is 8.66. The quantitative estimate of drug-likeness (QED) is 0.704. The lowest BCUT2D eigenvalue weighted by molar-refractivity contribution is -0.137. The van der Waals surface area contributed by atoms with E-state index in [1.807, 2.05) is 0 Å². The Bertz CT molecular complexity index is 859. The summed E-state index contributed by atoms with van der Waals surface area (Å²) in [6.45, 7) is 0. The van der Waals surface area contributed by atoms with E-state index in [1.165, 1.54) is 5.55 Å². The Labute approximate surface area is 130 Å². The molecule has 0 N–H and O–H groups in total. The molecule has 0 bridgehead atoms. The molecular weight excluding hydrogens is 332 g/mol. The molecule has 3 nitrogen and oxygen atoms in total. The molecule has 1 aliphatic rings. The van der Waals surface area contributed by atoms with Crippen molar-refractivity contribution in [3.8, 4) is 0 Å². The molecule has 0 aliphatic carbocycles. The summed E-state index contributed by atoms with van der Waals surface area (Å²) in [6.07, 6.45) is -4.74. The van der Waals surface area contributed by atoms with Crippen LogP contribution in [0.5, 0.6) is 0 Å². The number of fused-ring (bicyclic) bond motifs is 1. The third-order valence-electron chi connectivity index (χ3n) is 3.04. The number of alkyl halides is 3. The van der Waals surface area contributed by atoms with E-state index in [9.17, 15) is 22.4 Å². The van der Waals surface area contributed by atoms with Crippen LogP contribution in [0.1, 0.15) is 15.9 Å². The minimum atomic E-state index is -4.74. The van der Waals surface area contributed by atoms with Crippen molar-refractivity contribution in [3.63, 3.8) is 0 Å². The van der Waals surface area contributed by atoms with Gasteiger partial charge in [0.1, 0.15) is 5.82 Å². The summed E-state index contributed by atoms with van der Waals surface area (Å²) in [5, 5.41) is 0. The van der Waals surface area contributed by atoms with Crippen LogP contribution >= 0.6 is 0 Å². The SMILES string of the molecule is O=C(N=S1C=Nc2ccccc21)c1cc(F)cc(C(F)(F)F)c1. The van der Waals surface area contributed by atoms with Crippen LogP contribution in [-0.2, 0) is 16.9 Å². The van der Waals surface area contributed by atoms with Gasteiger partial charge in [-0.25, -0.2) is 9.38 Å². The van der Waals surface area contributed by atoms with E-state index in [1.54, 1.807) is 24.3 Å². The largest absolute Gasteiger partial charge is 0.416 e. The Morgan fingerprint density at radius 3 is 2.61 bits per heavy atom. The fraction of sp³-hybridized carbons (Fsp3) is 0.0667. The van der Waals surface area contributed by atoms with Crippen LogP contribution in [0, 0.1) is 5.82 Å². The van der Waals surface area contributed by atoms with Gasteiger partial charge in [-0.2, -0.15) is 17.5 Å². The number of aliphatic imine (C=N–C) groups is 1. The number of hydrogen-bond donors (Lipinski definition) is 0. The molecule has 118 valence electrons. The van der Waals surface area contributed by atoms with E-state index in [-0.39, 0.29) is 0 Å². The molecule has 0 fully saturated rings. The topological polar surface area (TPSA) is 41.8 Å². The summed E-state index contributed by atoms with van der Waals surface area (Å²) in [5.41, 5.74) is 0.442. The van der Waals surface area contributed by atoms with E-state index in [4.69, 9.17) is 0 Å². The number of amides is 1. The maximum absolute atomic E-state index is 13.4. The lowest BCUT2D eigenvalue weighted by atomic mass is 10.1. The minimum absolute atomic E-state index is 0.339. The molecule has 1 atom stereocenters. The minimum Gasteiger partial charge on any atom is -0.266 e. The maximum Gasteiger partial charge on any atom is 0.416 e. The van der Waals surface area contributed by atoms with Crippen LogP contribution in [0.4, 0.5) is 23.2 Å². The monoisotopic (exact) mass is 340 g/mol. The highest BCUT2D eigenvalue weighted by molar-refractivity contribution is 8.01. The van der Waals surface area contributed by atoms with Crippen molar-refractivity contribution in [2.75, 3.05) is 0 Å². The van der Waals surface area contributed by atoms with Crippen LogP contribution < -0.4 is 0 Å². The van der Waals surface area contributed by atoms with Gasteiger partial charge in [0.2, 0.25) is 0 Å². The summed E-state index contributed by atoms with van der Waals surface area (Å²) in [5.74, 6) is -2.05. The van der Waals surface area contributed by atoms with Gasteiger partial charge in [0, 0.05) is 5.56 Å². The van der Waals surface area contributed by atoms with Gasteiger partial charge in [-0.3, -0.25) is 4.79 Å². The molecule has 1 heterocycles. The molecule has 3 rings (SSSR count). The Morgan fingerprint density at radius 2 is 1.87 bits per heavy atom. The molecule has 0 aromatic heterocycles. The summed E-state index contributed by atoms with van der Waals surface area (Å²) in [4.78, 5) is 16.9. The second-order valence-corrected chi connectivity index (χ2v) is 6.10. The van der Waals surface area contributed by atoms with Crippen LogP contribution in [0.15, 0.2) is 56.7 Å². The number of benzene rings is 2. The normalized spacial score (nSPS) is 16.6. The van der Waals surface area contributed by atoms with E-state index < -0.39 is 39.7 Å². The van der Waals surface area contributed by atoms with E-state index in [2.05, 4.69) is 9.36 Å². The second kappa shape index (κ2) is 5.69. The molecule has 1 amide bonds. The average Bonchev–Trinajstić information content (AvgIpc) is 2.89. The summed E-state index contributed by atoms with van der Waals surface area (Å²) < 4.78 is 55.3. The first-order valence-electron chi connectivity index (χ1n) is 6.35. The number of halogens is 4. The number of para-hydroxylation sites is 1. The smallest absolute Gasteiger partial charge is 0.266 e. The first-order valence-corrected chi connectivity index (χ1v) is 7.59. The van der Waals surface area contributed by atoms with Crippen LogP contribution in [-0.4, -0.2) is 11.5 Å². The van der Waals surface area contributed by atoms with Crippen LogP contribution in [0.25, 0.3) is 0 Å². The zero-order valence-corrected chi connectivity index (χ0v) is 12.2. The summed E-state index contributed by atoms with van der Waals surface area (Å²) >= 11 is 0. The molecule has 23 heavy (non-hydrogen) atoms. The Balaban J connectivity index is 1.98. The predicted octanol–water partition coefficient (Wildman–Crippen LogP) is 4.52. The zero-order valence-electron chi connectivity index (χ0n) is 11.3. The fourth-order valence-corrected chi connectivity index (χ4v) is 3.31. The van der Waals surface area contributed by atoms with Gasteiger partial charge < -0.3 is 0 Å². The molecule has 8 heteroatoms. The van der Waals surface area contributed by atoms with Gasteiger partial charge in [0.05, 0.1) is 21.7 Å². The highest BCUT2D eigenvalue weighted by Crippen LogP contribution is 2.31. The Kier molecular flexibility index (Phi) is 3.85. The number of hydrogen-bond acceptors (Lipinski definition) is 2. The summed E-state index contributed by atoms with van der Waals surface area (Å²) in [7, 11) is -0.987. The molecule has 2 aromatic rings. The van der Waals surface area contributed by atoms with Crippen LogP contribution in [0.2, 0.25) is 0 Å². The lowest BCUT2D eigenvalue weighted by Gasteiger charge is -2.08. The van der Waals surface area contributed by atoms with Crippen molar-refractivity contribution in [2.24, 2.45) is 9.36 Å². The number of nitrogens with zero attached hydrogens (tertiary/aromatic N) is 2. The van der Waals surface area contributed by atoms with E-state index in [0.717, 1.165) is 6.07 Å². The van der Waals surface area contributed by atoms with Gasteiger partial charge in [-0.15, -0.1) is 0 Å². The van der Waals surface area contributed by atoms with Gasteiger partial charge in [-0.05, 0) is 41.0 Å². The first-order chi connectivity index (χ1) is 10.8. The molecule has 2 aromatic carbocycles. The van der Waals surface area contributed by atoms with E-state index >= 15 is 0 Å². The van der Waals surface area contributed by atoms with Gasteiger partial charge in [-0.1, -0.05) is 12.1 Å². The number of rotatable bonds is 1. The molecule has 1 unspecified atom stereocenters. The van der Waals surface area contributed by atoms with Crippen molar-refractivity contribution in [3.05, 3.63) is 59.4 Å². The van der Waals surface area contributed by atoms with Crippen LogP contribution in [0.3, 0.4) is 0 Å². The van der Waals surface area contributed by atoms with Crippen molar-refractivity contribution in [2.45, 2.75) is 11.1 Å². The predicted molar refractivity (Wildman–Crippen MR) is 78.4 cm³/mol. The standard InChI is InChI=1S/C15H8F4N2OS/c16-11-6-9(5-10(7-11)15(17,18)19)14(22)21-23-8-20-12-3-1-2-4-13(12)23/h1-8H.